The van der Waals surface area contributed by atoms with Crippen molar-refractivity contribution in [1.29, 1.82) is 0 Å². The lowest BCUT2D eigenvalue weighted by molar-refractivity contribution is 0.487. The number of furan rings is 1. The van der Waals surface area contributed by atoms with Crippen LogP contribution in [0.2, 0.25) is 0 Å². The van der Waals surface area contributed by atoms with E-state index in [0.29, 0.717) is 6.04 Å². The quantitative estimate of drug-likeness (QED) is 0.521. The van der Waals surface area contributed by atoms with Gasteiger partial charge in [-0.25, -0.2) is 0 Å². The molecule has 2 nitrogen and oxygen atoms in total. The highest BCUT2D eigenvalue weighted by Gasteiger charge is 2.01. The Morgan fingerprint density at radius 2 is 2.40 bits per heavy atom. The monoisotopic (exact) mass is 207 g/mol. The van der Waals surface area contributed by atoms with Crippen molar-refractivity contribution in [3.8, 4) is 0 Å². The Balaban J connectivity index is 2.03. The normalized spacial score (nSPS) is 12.6. The van der Waals surface area contributed by atoms with E-state index in [1.165, 1.54) is 24.8 Å². The third kappa shape index (κ3) is 5.43. The first-order valence-electron chi connectivity index (χ1n) is 5.68. The lowest BCUT2D eigenvalue weighted by Gasteiger charge is -2.12. The largest absolute Gasteiger partial charge is 0.472 e. The summed E-state index contributed by atoms with van der Waals surface area (Å²) in [5.74, 6) is 0. The average molecular weight is 207 g/mol. The molecule has 1 aromatic heterocycles. The Labute approximate surface area is 92.4 Å². The topological polar surface area (TPSA) is 25.2 Å². The Kier molecular flexibility index (Phi) is 5.86. The number of hydrogen-bond donors (Lipinski definition) is 1. The van der Waals surface area contributed by atoms with Gasteiger partial charge < -0.3 is 9.73 Å². The van der Waals surface area contributed by atoms with Gasteiger partial charge in [0.25, 0.3) is 0 Å². The van der Waals surface area contributed by atoms with E-state index in [9.17, 15) is 0 Å². The number of unbranched alkanes of at least 4 members (excludes halogenated alkanes) is 2. The molecule has 0 radical (unpaired) electrons. The standard InChI is InChI=1S/C13H21NO/c1-3-4-5-6-7-12(2)14-10-13-8-9-15-11-13/h3,8-9,11-12,14H,1,4-7,10H2,2H3. The molecule has 0 amide bonds. The molecule has 84 valence electrons. The minimum absolute atomic E-state index is 0.574. The van der Waals surface area contributed by atoms with Crippen LogP contribution in [0.25, 0.3) is 0 Å². The van der Waals surface area contributed by atoms with Gasteiger partial charge in [0.05, 0.1) is 12.5 Å². The van der Waals surface area contributed by atoms with Crippen LogP contribution in [0.15, 0.2) is 35.7 Å². The molecule has 0 aliphatic rings. The van der Waals surface area contributed by atoms with Gasteiger partial charge in [-0.1, -0.05) is 12.5 Å². The molecule has 1 rings (SSSR count). The molecular weight excluding hydrogens is 186 g/mol. The predicted molar refractivity (Wildman–Crippen MR) is 63.7 cm³/mol. The fraction of sp³-hybridized carbons (Fsp3) is 0.538. The number of rotatable bonds is 8. The third-order valence-corrected chi connectivity index (χ3v) is 2.53. The highest BCUT2D eigenvalue weighted by Crippen LogP contribution is 2.05. The van der Waals surface area contributed by atoms with E-state index in [1.807, 2.05) is 12.1 Å². The van der Waals surface area contributed by atoms with Gasteiger partial charge in [0.15, 0.2) is 0 Å². The molecule has 0 bridgehead atoms. The fourth-order valence-corrected chi connectivity index (χ4v) is 1.53. The van der Waals surface area contributed by atoms with Crippen molar-refractivity contribution in [2.45, 2.75) is 45.2 Å². The summed E-state index contributed by atoms with van der Waals surface area (Å²) in [6.45, 7) is 6.85. The summed E-state index contributed by atoms with van der Waals surface area (Å²) in [5.41, 5.74) is 1.22. The van der Waals surface area contributed by atoms with E-state index < -0.39 is 0 Å². The molecule has 2 heteroatoms. The highest BCUT2D eigenvalue weighted by atomic mass is 16.3. The first-order chi connectivity index (χ1) is 7.33. The molecular formula is C13H21NO. The number of hydrogen-bond acceptors (Lipinski definition) is 2. The Hall–Kier alpha value is -1.02. The minimum Gasteiger partial charge on any atom is -0.472 e. The van der Waals surface area contributed by atoms with E-state index in [2.05, 4.69) is 18.8 Å². The third-order valence-electron chi connectivity index (χ3n) is 2.53. The van der Waals surface area contributed by atoms with Gasteiger partial charge in [0.1, 0.15) is 0 Å². The summed E-state index contributed by atoms with van der Waals surface area (Å²) in [4.78, 5) is 0. The molecule has 1 atom stereocenters. The van der Waals surface area contributed by atoms with E-state index in [0.717, 1.165) is 13.0 Å². The second-order valence-corrected chi connectivity index (χ2v) is 3.99. The smallest absolute Gasteiger partial charge is 0.0947 e. The summed E-state index contributed by atoms with van der Waals surface area (Å²) < 4.78 is 5.01. The van der Waals surface area contributed by atoms with Crippen LogP contribution in [-0.4, -0.2) is 6.04 Å². The van der Waals surface area contributed by atoms with Gasteiger partial charge in [-0.2, -0.15) is 0 Å². The van der Waals surface area contributed by atoms with Crippen LogP contribution in [0.5, 0.6) is 0 Å². The van der Waals surface area contributed by atoms with Crippen LogP contribution in [0, 0.1) is 0 Å². The number of allylic oxidation sites excluding steroid dienone is 1. The summed E-state index contributed by atoms with van der Waals surface area (Å²) in [6.07, 6.45) is 10.4. The number of nitrogens with one attached hydrogen (secondary N) is 1. The van der Waals surface area contributed by atoms with Crippen molar-refractivity contribution in [1.82, 2.24) is 5.32 Å². The van der Waals surface area contributed by atoms with Gasteiger partial charge in [-0.05, 0) is 32.3 Å². The van der Waals surface area contributed by atoms with E-state index in [-0.39, 0.29) is 0 Å². The molecule has 0 saturated carbocycles. The molecule has 0 fully saturated rings. The summed E-state index contributed by atoms with van der Waals surface area (Å²) >= 11 is 0. The van der Waals surface area contributed by atoms with Gasteiger partial charge in [0, 0.05) is 18.2 Å². The maximum absolute atomic E-state index is 5.01. The van der Waals surface area contributed by atoms with Crippen LogP contribution >= 0.6 is 0 Å². The van der Waals surface area contributed by atoms with Crippen molar-refractivity contribution in [2.75, 3.05) is 0 Å². The molecule has 0 aromatic carbocycles. The first kappa shape index (κ1) is 12.1. The second-order valence-electron chi connectivity index (χ2n) is 3.99. The van der Waals surface area contributed by atoms with Crippen LogP contribution in [0.4, 0.5) is 0 Å². The zero-order valence-electron chi connectivity index (χ0n) is 9.54. The molecule has 1 unspecified atom stereocenters. The molecule has 0 spiro atoms. The Morgan fingerprint density at radius 3 is 3.07 bits per heavy atom. The molecule has 0 aliphatic carbocycles. The van der Waals surface area contributed by atoms with Crippen LogP contribution in [0.1, 0.15) is 38.2 Å². The molecule has 0 aliphatic heterocycles. The predicted octanol–water partition coefficient (Wildman–Crippen LogP) is 3.50. The summed E-state index contributed by atoms with van der Waals surface area (Å²) in [5, 5.41) is 3.48. The Morgan fingerprint density at radius 1 is 1.53 bits per heavy atom. The zero-order chi connectivity index (χ0) is 10.9. The van der Waals surface area contributed by atoms with E-state index in [4.69, 9.17) is 4.42 Å². The van der Waals surface area contributed by atoms with Gasteiger partial charge in [0.2, 0.25) is 0 Å². The lowest BCUT2D eigenvalue weighted by atomic mass is 10.1. The van der Waals surface area contributed by atoms with Gasteiger partial charge >= 0.3 is 0 Å². The van der Waals surface area contributed by atoms with Gasteiger partial charge in [-0.15, -0.1) is 6.58 Å². The van der Waals surface area contributed by atoms with Crippen LogP contribution in [-0.2, 0) is 6.54 Å². The molecule has 1 aromatic rings. The van der Waals surface area contributed by atoms with Crippen molar-refractivity contribution in [3.05, 3.63) is 36.8 Å². The fourth-order valence-electron chi connectivity index (χ4n) is 1.53. The van der Waals surface area contributed by atoms with E-state index in [1.54, 1.807) is 12.5 Å². The van der Waals surface area contributed by atoms with Crippen molar-refractivity contribution in [2.24, 2.45) is 0 Å². The molecule has 1 heterocycles. The Bertz CT molecular complexity index is 254. The van der Waals surface area contributed by atoms with E-state index >= 15 is 0 Å². The highest BCUT2D eigenvalue weighted by molar-refractivity contribution is 5.04. The lowest BCUT2D eigenvalue weighted by Crippen LogP contribution is -2.25. The maximum Gasteiger partial charge on any atom is 0.0947 e. The maximum atomic E-state index is 5.01. The summed E-state index contributed by atoms with van der Waals surface area (Å²) in [7, 11) is 0. The summed E-state index contributed by atoms with van der Waals surface area (Å²) in [6, 6.07) is 2.57. The zero-order valence-corrected chi connectivity index (χ0v) is 9.54. The second kappa shape index (κ2) is 7.30. The molecule has 0 saturated heterocycles. The van der Waals surface area contributed by atoms with Crippen molar-refractivity contribution in [3.63, 3.8) is 0 Å². The molecule has 1 N–H and O–H groups in total. The van der Waals surface area contributed by atoms with Crippen molar-refractivity contribution >= 4 is 0 Å². The van der Waals surface area contributed by atoms with Crippen molar-refractivity contribution < 1.29 is 4.42 Å². The SMILES string of the molecule is C=CCCCCC(C)NCc1ccoc1. The average Bonchev–Trinajstić information content (AvgIpc) is 2.74. The molecule has 15 heavy (non-hydrogen) atoms. The van der Waals surface area contributed by atoms with Crippen LogP contribution in [0.3, 0.4) is 0 Å². The van der Waals surface area contributed by atoms with Crippen LogP contribution < -0.4 is 5.32 Å². The van der Waals surface area contributed by atoms with Gasteiger partial charge in [-0.3, -0.25) is 0 Å². The first-order valence-corrected chi connectivity index (χ1v) is 5.68. The minimum atomic E-state index is 0.574.